The molecule has 1 aromatic heterocycles. The Morgan fingerprint density at radius 2 is 2.18 bits per heavy atom. The van der Waals surface area contributed by atoms with Gasteiger partial charge in [0, 0.05) is 37.7 Å². The van der Waals surface area contributed by atoms with E-state index in [9.17, 15) is 0 Å². The fourth-order valence-corrected chi connectivity index (χ4v) is 2.76. The van der Waals surface area contributed by atoms with Crippen LogP contribution in [0.5, 0.6) is 0 Å². The second kappa shape index (κ2) is 3.84. The highest BCUT2D eigenvalue weighted by Crippen LogP contribution is 2.47. The molecule has 0 saturated heterocycles. The van der Waals surface area contributed by atoms with Crippen molar-refractivity contribution in [1.29, 1.82) is 0 Å². The van der Waals surface area contributed by atoms with Crippen LogP contribution in [0.15, 0.2) is 0 Å². The number of nitrogens with zero attached hydrogens (tertiary/aromatic N) is 2. The summed E-state index contributed by atoms with van der Waals surface area (Å²) < 4.78 is 2.54. The van der Waals surface area contributed by atoms with Crippen LogP contribution in [0.25, 0.3) is 0 Å². The lowest BCUT2D eigenvalue weighted by atomic mass is 10.1. The number of aromatic nitrogens is 2. The van der Waals surface area contributed by atoms with Gasteiger partial charge in [0.1, 0.15) is 5.82 Å². The zero-order chi connectivity index (χ0) is 12.0. The summed E-state index contributed by atoms with van der Waals surface area (Å²) in [7, 11) is 0. The van der Waals surface area contributed by atoms with E-state index in [1.54, 1.807) is 0 Å². The molecule has 2 heterocycles. The van der Waals surface area contributed by atoms with Crippen LogP contribution < -0.4 is 5.32 Å². The maximum Gasteiger partial charge on any atom is 0.111 e. The van der Waals surface area contributed by atoms with Gasteiger partial charge in [-0.2, -0.15) is 0 Å². The largest absolute Gasteiger partial charge is 0.331 e. The number of imidazole rings is 1. The van der Waals surface area contributed by atoms with Crippen molar-refractivity contribution in [1.82, 2.24) is 14.9 Å². The van der Waals surface area contributed by atoms with Gasteiger partial charge in [-0.15, -0.1) is 0 Å². The zero-order valence-corrected chi connectivity index (χ0v) is 11.2. The summed E-state index contributed by atoms with van der Waals surface area (Å²) in [6, 6.07) is 0. The van der Waals surface area contributed by atoms with Gasteiger partial charge in [0.15, 0.2) is 0 Å². The molecule has 3 heteroatoms. The molecule has 0 atom stereocenters. The van der Waals surface area contributed by atoms with Gasteiger partial charge in [0.25, 0.3) is 0 Å². The maximum absolute atomic E-state index is 4.86. The molecule has 1 aromatic rings. The Morgan fingerprint density at radius 3 is 2.82 bits per heavy atom. The molecule has 3 rings (SSSR count). The van der Waals surface area contributed by atoms with E-state index in [4.69, 9.17) is 4.98 Å². The Bertz CT molecular complexity index is 427. The molecular formula is C14H23N3. The van der Waals surface area contributed by atoms with E-state index in [0.29, 0.717) is 11.3 Å². The van der Waals surface area contributed by atoms with Gasteiger partial charge < -0.3 is 9.88 Å². The van der Waals surface area contributed by atoms with Gasteiger partial charge in [-0.05, 0) is 18.3 Å². The van der Waals surface area contributed by atoms with E-state index >= 15 is 0 Å². The van der Waals surface area contributed by atoms with Crippen LogP contribution >= 0.6 is 0 Å². The van der Waals surface area contributed by atoms with E-state index in [0.717, 1.165) is 19.5 Å². The van der Waals surface area contributed by atoms with Gasteiger partial charge in [-0.3, -0.25) is 0 Å². The highest BCUT2D eigenvalue weighted by molar-refractivity contribution is 5.22. The first-order valence-corrected chi connectivity index (χ1v) is 6.88. The molecule has 0 spiro atoms. The molecule has 1 fully saturated rings. The summed E-state index contributed by atoms with van der Waals surface area (Å²) in [5.41, 5.74) is 3.35. The van der Waals surface area contributed by atoms with Crippen molar-refractivity contribution < 1.29 is 0 Å². The van der Waals surface area contributed by atoms with Crippen molar-refractivity contribution in [2.45, 2.75) is 59.0 Å². The maximum atomic E-state index is 4.86. The fraction of sp³-hybridized carbons (Fsp3) is 0.786. The molecule has 1 saturated carbocycles. The Morgan fingerprint density at radius 1 is 1.41 bits per heavy atom. The van der Waals surface area contributed by atoms with Crippen LogP contribution in [0.3, 0.4) is 0 Å². The lowest BCUT2D eigenvalue weighted by molar-refractivity contribution is 0.433. The smallest absolute Gasteiger partial charge is 0.111 e. The Hall–Kier alpha value is -0.830. The minimum absolute atomic E-state index is 0.531. The molecule has 2 aliphatic rings. The summed E-state index contributed by atoms with van der Waals surface area (Å²) in [6.07, 6.45) is 3.91. The molecule has 17 heavy (non-hydrogen) atoms. The molecule has 1 N–H and O–H groups in total. The summed E-state index contributed by atoms with van der Waals surface area (Å²) in [5.74, 6) is 1.83. The number of fused-ring (bicyclic) bond motifs is 1. The standard InChI is InChI=1S/C14H23N3/c1-10(2)13-16-11-8-15-7-4-12(11)17(13)9-14(3)5-6-14/h10,15H,4-9H2,1-3H3. The number of nitrogens with one attached hydrogen (secondary N) is 1. The molecule has 0 amide bonds. The topological polar surface area (TPSA) is 29.9 Å². The van der Waals surface area contributed by atoms with Crippen molar-refractivity contribution in [2.75, 3.05) is 6.54 Å². The third kappa shape index (κ3) is 2.01. The van der Waals surface area contributed by atoms with E-state index in [1.807, 2.05) is 0 Å². The first-order valence-electron chi connectivity index (χ1n) is 6.88. The first-order chi connectivity index (χ1) is 8.09. The molecule has 1 aliphatic carbocycles. The molecule has 1 aliphatic heterocycles. The second-order valence-electron chi connectivity index (χ2n) is 6.34. The molecule has 0 aromatic carbocycles. The van der Waals surface area contributed by atoms with E-state index in [1.165, 1.54) is 36.6 Å². The highest BCUT2D eigenvalue weighted by Gasteiger charge is 2.39. The fourth-order valence-electron chi connectivity index (χ4n) is 2.76. The molecule has 0 bridgehead atoms. The molecule has 94 valence electrons. The predicted octanol–water partition coefficient (Wildman–Crippen LogP) is 2.45. The second-order valence-corrected chi connectivity index (χ2v) is 6.34. The number of hydrogen-bond donors (Lipinski definition) is 1. The lowest BCUT2D eigenvalue weighted by Crippen LogP contribution is -2.26. The third-order valence-corrected chi connectivity index (χ3v) is 4.18. The number of rotatable bonds is 3. The van der Waals surface area contributed by atoms with Crippen LogP contribution in [-0.2, 0) is 19.5 Å². The van der Waals surface area contributed by atoms with Crippen molar-refractivity contribution in [3.05, 3.63) is 17.2 Å². The highest BCUT2D eigenvalue weighted by atomic mass is 15.1. The molecule has 0 unspecified atom stereocenters. The zero-order valence-electron chi connectivity index (χ0n) is 11.2. The Balaban J connectivity index is 1.99. The van der Waals surface area contributed by atoms with Crippen molar-refractivity contribution >= 4 is 0 Å². The Labute approximate surface area is 104 Å². The van der Waals surface area contributed by atoms with E-state index in [-0.39, 0.29) is 0 Å². The van der Waals surface area contributed by atoms with E-state index < -0.39 is 0 Å². The van der Waals surface area contributed by atoms with Crippen LogP contribution in [0, 0.1) is 5.41 Å². The molecule has 0 radical (unpaired) electrons. The minimum atomic E-state index is 0.531. The lowest BCUT2D eigenvalue weighted by Gasteiger charge is -2.19. The minimum Gasteiger partial charge on any atom is -0.331 e. The third-order valence-electron chi connectivity index (χ3n) is 4.18. The normalized spacial score (nSPS) is 21.6. The summed E-state index contributed by atoms with van der Waals surface area (Å²) in [4.78, 5) is 4.86. The summed E-state index contributed by atoms with van der Waals surface area (Å²) in [5, 5.41) is 3.42. The first kappa shape index (κ1) is 11.3. The summed E-state index contributed by atoms with van der Waals surface area (Å²) >= 11 is 0. The van der Waals surface area contributed by atoms with Gasteiger partial charge in [0.2, 0.25) is 0 Å². The summed E-state index contributed by atoms with van der Waals surface area (Å²) in [6.45, 7) is 10.2. The van der Waals surface area contributed by atoms with Crippen molar-refractivity contribution in [3.8, 4) is 0 Å². The van der Waals surface area contributed by atoms with Crippen LogP contribution in [0.1, 0.15) is 56.7 Å². The van der Waals surface area contributed by atoms with Crippen molar-refractivity contribution in [2.24, 2.45) is 5.41 Å². The van der Waals surface area contributed by atoms with Crippen molar-refractivity contribution in [3.63, 3.8) is 0 Å². The van der Waals surface area contributed by atoms with E-state index in [2.05, 4.69) is 30.7 Å². The van der Waals surface area contributed by atoms with Crippen LogP contribution in [-0.4, -0.2) is 16.1 Å². The van der Waals surface area contributed by atoms with Gasteiger partial charge in [-0.1, -0.05) is 20.8 Å². The average Bonchev–Trinajstić information content (AvgIpc) is 2.90. The van der Waals surface area contributed by atoms with Gasteiger partial charge in [-0.25, -0.2) is 4.98 Å². The van der Waals surface area contributed by atoms with Crippen LogP contribution in [0.2, 0.25) is 0 Å². The SMILES string of the molecule is CC(C)c1nc2c(n1CC1(C)CC1)CCNC2. The number of hydrogen-bond acceptors (Lipinski definition) is 2. The predicted molar refractivity (Wildman–Crippen MR) is 69.1 cm³/mol. The average molecular weight is 233 g/mol. The molecule has 3 nitrogen and oxygen atoms in total. The van der Waals surface area contributed by atoms with Crippen LogP contribution in [0.4, 0.5) is 0 Å². The Kier molecular flexibility index (Phi) is 2.54. The van der Waals surface area contributed by atoms with Gasteiger partial charge in [0.05, 0.1) is 5.69 Å². The monoisotopic (exact) mass is 233 g/mol. The van der Waals surface area contributed by atoms with Gasteiger partial charge >= 0.3 is 0 Å². The molecular weight excluding hydrogens is 210 g/mol. The quantitative estimate of drug-likeness (QED) is 0.869.